The first-order valence-corrected chi connectivity index (χ1v) is 8.55. The van der Waals surface area contributed by atoms with Gasteiger partial charge in [0.05, 0.1) is 12.6 Å². The standard InChI is InChI=1S/C18H23NOS/c1-4-13-20-17-8-6-5-7-16(17)18(19-2)14-9-11-15(21-3)12-10-14/h5-12,18-19H,4,13H2,1-3H3. The number of hydrogen-bond acceptors (Lipinski definition) is 3. The molecule has 21 heavy (non-hydrogen) atoms. The van der Waals surface area contributed by atoms with E-state index in [4.69, 9.17) is 4.74 Å². The Hall–Kier alpha value is -1.45. The normalized spacial score (nSPS) is 12.1. The van der Waals surface area contributed by atoms with E-state index in [1.54, 1.807) is 11.8 Å². The van der Waals surface area contributed by atoms with Crippen molar-refractivity contribution in [3.05, 3.63) is 59.7 Å². The topological polar surface area (TPSA) is 21.3 Å². The summed E-state index contributed by atoms with van der Waals surface area (Å²) in [7, 11) is 1.99. The molecule has 0 spiro atoms. The van der Waals surface area contributed by atoms with E-state index in [9.17, 15) is 0 Å². The molecule has 1 N–H and O–H groups in total. The molecule has 0 aromatic heterocycles. The summed E-state index contributed by atoms with van der Waals surface area (Å²) in [5.41, 5.74) is 2.44. The van der Waals surface area contributed by atoms with Crippen molar-refractivity contribution in [3.63, 3.8) is 0 Å². The van der Waals surface area contributed by atoms with Crippen molar-refractivity contribution in [2.45, 2.75) is 24.3 Å². The zero-order chi connectivity index (χ0) is 15.1. The van der Waals surface area contributed by atoms with Crippen molar-refractivity contribution < 1.29 is 4.74 Å². The van der Waals surface area contributed by atoms with Crippen LogP contribution in [0.25, 0.3) is 0 Å². The summed E-state index contributed by atoms with van der Waals surface area (Å²) in [5, 5.41) is 3.40. The van der Waals surface area contributed by atoms with Gasteiger partial charge < -0.3 is 10.1 Å². The number of ether oxygens (including phenoxy) is 1. The van der Waals surface area contributed by atoms with Gasteiger partial charge in [-0.1, -0.05) is 37.3 Å². The third kappa shape index (κ3) is 4.02. The van der Waals surface area contributed by atoms with E-state index >= 15 is 0 Å². The second kappa shape index (κ2) is 8.11. The highest BCUT2D eigenvalue weighted by Crippen LogP contribution is 2.30. The van der Waals surface area contributed by atoms with E-state index in [1.807, 2.05) is 19.2 Å². The maximum atomic E-state index is 5.89. The molecule has 0 heterocycles. The van der Waals surface area contributed by atoms with Crippen LogP contribution in [0.3, 0.4) is 0 Å². The van der Waals surface area contributed by atoms with Gasteiger partial charge in [0.1, 0.15) is 5.75 Å². The van der Waals surface area contributed by atoms with Crippen LogP contribution < -0.4 is 10.1 Å². The van der Waals surface area contributed by atoms with Crippen molar-refractivity contribution in [1.29, 1.82) is 0 Å². The van der Waals surface area contributed by atoms with Crippen LogP contribution in [0.2, 0.25) is 0 Å². The summed E-state index contributed by atoms with van der Waals surface area (Å²) in [4.78, 5) is 1.28. The number of thioether (sulfide) groups is 1. The number of nitrogens with one attached hydrogen (secondary N) is 1. The lowest BCUT2D eigenvalue weighted by Crippen LogP contribution is -2.18. The highest BCUT2D eigenvalue weighted by Gasteiger charge is 2.16. The Labute approximate surface area is 131 Å². The van der Waals surface area contributed by atoms with Gasteiger partial charge in [0.2, 0.25) is 0 Å². The highest BCUT2D eigenvalue weighted by molar-refractivity contribution is 7.98. The zero-order valence-electron chi connectivity index (χ0n) is 12.9. The Morgan fingerprint density at radius 1 is 1.10 bits per heavy atom. The van der Waals surface area contributed by atoms with Gasteiger partial charge in [-0.15, -0.1) is 11.8 Å². The maximum Gasteiger partial charge on any atom is 0.124 e. The van der Waals surface area contributed by atoms with E-state index in [0.29, 0.717) is 0 Å². The van der Waals surface area contributed by atoms with Crippen LogP contribution in [0.1, 0.15) is 30.5 Å². The average Bonchev–Trinajstić information content (AvgIpc) is 2.55. The third-order valence-corrected chi connectivity index (χ3v) is 4.17. The van der Waals surface area contributed by atoms with Crippen LogP contribution >= 0.6 is 11.8 Å². The Bertz CT molecular complexity index is 553. The van der Waals surface area contributed by atoms with E-state index in [0.717, 1.165) is 18.8 Å². The molecule has 0 fully saturated rings. The fraction of sp³-hybridized carbons (Fsp3) is 0.333. The molecule has 1 atom stereocenters. The van der Waals surface area contributed by atoms with Crippen LogP contribution in [0.15, 0.2) is 53.4 Å². The molecule has 0 saturated carbocycles. The van der Waals surface area contributed by atoms with Crippen molar-refractivity contribution >= 4 is 11.8 Å². The van der Waals surface area contributed by atoms with Gasteiger partial charge in [-0.25, -0.2) is 0 Å². The van der Waals surface area contributed by atoms with Gasteiger partial charge in [0.15, 0.2) is 0 Å². The molecule has 112 valence electrons. The number of para-hydroxylation sites is 1. The van der Waals surface area contributed by atoms with Crippen molar-refractivity contribution in [3.8, 4) is 5.75 Å². The molecule has 1 unspecified atom stereocenters. The fourth-order valence-corrected chi connectivity index (χ4v) is 2.77. The minimum absolute atomic E-state index is 0.147. The SMILES string of the molecule is CCCOc1ccccc1C(NC)c1ccc(SC)cc1. The predicted molar refractivity (Wildman–Crippen MR) is 91.4 cm³/mol. The zero-order valence-corrected chi connectivity index (χ0v) is 13.7. The quantitative estimate of drug-likeness (QED) is 0.760. The summed E-state index contributed by atoms with van der Waals surface area (Å²) in [5.74, 6) is 0.965. The molecular formula is C18H23NOS. The molecule has 2 nitrogen and oxygen atoms in total. The molecule has 0 bridgehead atoms. The Morgan fingerprint density at radius 2 is 1.81 bits per heavy atom. The van der Waals surface area contributed by atoms with Gasteiger partial charge in [-0.2, -0.15) is 0 Å². The predicted octanol–water partition coefficient (Wildman–Crippen LogP) is 4.51. The number of hydrogen-bond donors (Lipinski definition) is 1. The molecule has 2 aromatic rings. The molecule has 0 aliphatic heterocycles. The van der Waals surface area contributed by atoms with Gasteiger partial charge in [-0.05, 0) is 43.5 Å². The molecule has 0 aliphatic rings. The fourth-order valence-electron chi connectivity index (χ4n) is 2.36. The molecule has 0 saturated heterocycles. The number of rotatable bonds is 7. The highest BCUT2D eigenvalue weighted by atomic mass is 32.2. The van der Waals surface area contributed by atoms with Crippen LogP contribution in [0.4, 0.5) is 0 Å². The molecule has 0 aliphatic carbocycles. The second-order valence-corrected chi connectivity index (χ2v) is 5.76. The van der Waals surface area contributed by atoms with Crippen LogP contribution in [0.5, 0.6) is 5.75 Å². The summed E-state index contributed by atoms with van der Waals surface area (Å²) in [6.07, 6.45) is 3.11. The van der Waals surface area contributed by atoms with Gasteiger partial charge >= 0.3 is 0 Å². The Morgan fingerprint density at radius 3 is 2.43 bits per heavy atom. The van der Waals surface area contributed by atoms with E-state index in [1.165, 1.54) is 16.0 Å². The molecule has 0 radical (unpaired) electrons. The maximum absolute atomic E-state index is 5.89. The lowest BCUT2D eigenvalue weighted by Gasteiger charge is -2.21. The van der Waals surface area contributed by atoms with E-state index < -0.39 is 0 Å². The minimum Gasteiger partial charge on any atom is -0.493 e. The van der Waals surface area contributed by atoms with Crippen LogP contribution in [-0.2, 0) is 0 Å². The Balaban J connectivity index is 2.31. The lowest BCUT2D eigenvalue weighted by molar-refractivity contribution is 0.312. The molecule has 2 rings (SSSR count). The summed E-state index contributed by atoms with van der Waals surface area (Å²) in [6, 6.07) is 17.1. The van der Waals surface area contributed by atoms with E-state index in [-0.39, 0.29) is 6.04 Å². The second-order valence-electron chi connectivity index (χ2n) is 4.88. The van der Waals surface area contributed by atoms with Crippen molar-refractivity contribution in [2.24, 2.45) is 0 Å². The summed E-state index contributed by atoms with van der Waals surface area (Å²) >= 11 is 1.76. The molecule has 0 amide bonds. The van der Waals surface area contributed by atoms with Crippen LogP contribution in [-0.4, -0.2) is 19.9 Å². The molecule has 3 heteroatoms. The summed E-state index contributed by atoms with van der Waals surface area (Å²) in [6.45, 7) is 2.87. The average molecular weight is 301 g/mol. The molecular weight excluding hydrogens is 278 g/mol. The van der Waals surface area contributed by atoms with E-state index in [2.05, 4.69) is 54.9 Å². The minimum atomic E-state index is 0.147. The van der Waals surface area contributed by atoms with Crippen LogP contribution in [0, 0.1) is 0 Å². The lowest BCUT2D eigenvalue weighted by atomic mass is 9.98. The summed E-state index contributed by atoms with van der Waals surface area (Å²) < 4.78 is 5.89. The first-order valence-electron chi connectivity index (χ1n) is 7.33. The monoisotopic (exact) mass is 301 g/mol. The third-order valence-electron chi connectivity index (χ3n) is 3.43. The first-order chi connectivity index (χ1) is 10.3. The van der Waals surface area contributed by atoms with Gasteiger partial charge in [-0.3, -0.25) is 0 Å². The van der Waals surface area contributed by atoms with Crippen molar-refractivity contribution in [1.82, 2.24) is 5.32 Å². The van der Waals surface area contributed by atoms with Gasteiger partial charge in [0, 0.05) is 10.5 Å². The number of benzene rings is 2. The molecule has 2 aromatic carbocycles. The Kier molecular flexibility index (Phi) is 6.15. The largest absolute Gasteiger partial charge is 0.493 e. The smallest absolute Gasteiger partial charge is 0.124 e. The van der Waals surface area contributed by atoms with Gasteiger partial charge in [0.25, 0.3) is 0 Å². The first kappa shape index (κ1) is 15.9. The van der Waals surface area contributed by atoms with Crippen molar-refractivity contribution in [2.75, 3.05) is 19.9 Å².